The molecule has 2 aromatic heterocycles. The molecule has 14 aromatic rings. The molecule has 0 fully saturated rings. The number of nitrogens with zero attached hydrogens (tertiary/aromatic N) is 4. The molecule has 0 spiro atoms. The van der Waals surface area contributed by atoms with Crippen LogP contribution in [0.2, 0.25) is 0 Å². The molecule has 2 heterocycles. The third kappa shape index (κ3) is 6.24. The molecule has 0 saturated carbocycles. The van der Waals surface area contributed by atoms with Gasteiger partial charge >= 0.3 is 0 Å². The maximum Gasteiger partial charge on any atom is 0.145 e. The van der Waals surface area contributed by atoms with E-state index in [2.05, 4.69) is 264 Å². The van der Waals surface area contributed by atoms with Gasteiger partial charge in [0.15, 0.2) is 0 Å². The first-order chi connectivity index (χ1) is 34.8. The normalized spacial score (nSPS) is 11.7. The van der Waals surface area contributed by atoms with Gasteiger partial charge in [-0.05, 0) is 114 Å². The smallest absolute Gasteiger partial charge is 0.145 e. The molecule has 0 aliphatic rings. The number of para-hydroxylation sites is 4. The van der Waals surface area contributed by atoms with Gasteiger partial charge in [-0.2, -0.15) is 0 Å². The van der Waals surface area contributed by atoms with Crippen molar-refractivity contribution < 1.29 is 0 Å². The molecule has 70 heavy (non-hydrogen) atoms. The predicted molar refractivity (Wildman–Crippen MR) is 293 cm³/mol. The van der Waals surface area contributed by atoms with Gasteiger partial charge in [-0.3, -0.25) is 9.13 Å². The third-order valence-electron chi connectivity index (χ3n) is 14.1. The van der Waals surface area contributed by atoms with Gasteiger partial charge in [0.25, 0.3) is 0 Å². The van der Waals surface area contributed by atoms with Gasteiger partial charge in [-0.1, -0.05) is 206 Å². The maximum atomic E-state index is 5.36. The van der Waals surface area contributed by atoms with Crippen LogP contribution in [0.4, 0.5) is 0 Å². The van der Waals surface area contributed by atoms with E-state index in [0.717, 1.165) is 77.8 Å². The minimum atomic E-state index is 0.895. The zero-order valence-corrected chi connectivity index (χ0v) is 38.0. The zero-order valence-electron chi connectivity index (χ0n) is 38.0. The van der Waals surface area contributed by atoms with Crippen LogP contribution in [0, 0.1) is 0 Å². The lowest BCUT2D eigenvalue weighted by molar-refractivity contribution is 1.11. The largest absolute Gasteiger partial charge is 0.292 e. The number of rotatable bonds is 7. The van der Waals surface area contributed by atoms with E-state index in [-0.39, 0.29) is 0 Å². The Hall–Kier alpha value is -9.38. The minimum absolute atomic E-state index is 0.895. The summed E-state index contributed by atoms with van der Waals surface area (Å²) in [6, 6.07) is 92.1. The first kappa shape index (κ1) is 39.8. The summed E-state index contributed by atoms with van der Waals surface area (Å²) >= 11 is 0. The van der Waals surface area contributed by atoms with E-state index in [4.69, 9.17) is 9.97 Å². The quantitative estimate of drug-likeness (QED) is 0.149. The molecule has 0 amide bonds. The number of hydrogen-bond acceptors (Lipinski definition) is 2. The van der Waals surface area contributed by atoms with Gasteiger partial charge in [0, 0.05) is 21.9 Å². The predicted octanol–water partition coefficient (Wildman–Crippen LogP) is 17.3. The first-order valence-electron chi connectivity index (χ1n) is 23.9. The van der Waals surface area contributed by atoms with Crippen LogP contribution in [0.5, 0.6) is 0 Å². The first-order valence-corrected chi connectivity index (χ1v) is 23.9. The summed E-state index contributed by atoms with van der Waals surface area (Å²) in [5.74, 6) is 1.79. The summed E-state index contributed by atoms with van der Waals surface area (Å²) in [4.78, 5) is 10.7. The van der Waals surface area contributed by atoms with E-state index < -0.39 is 0 Å². The summed E-state index contributed by atoms with van der Waals surface area (Å²) in [7, 11) is 0. The highest BCUT2D eigenvalue weighted by molar-refractivity contribution is 6.27. The fraction of sp³-hybridized carbons (Fsp3) is 0. The van der Waals surface area contributed by atoms with Crippen molar-refractivity contribution in [2.24, 2.45) is 0 Å². The van der Waals surface area contributed by atoms with E-state index in [0.29, 0.717) is 0 Å². The van der Waals surface area contributed by atoms with Gasteiger partial charge in [0.2, 0.25) is 0 Å². The molecule has 0 aliphatic carbocycles. The fourth-order valence-electron chi connectivity index (χ4n) is 11.1. The summed E-state index contributed by atoms with van der Waals surface area (Å²) < 4.78 is 4.74. The molecule has 0 atom stereocenters. The van der Waals surface area contributed by atoms with Crippen molar-refractivity contribution in [3.05, 3.63) is 255 Å². The Kier molecular flexibility index (Phi) is 9.17. The lowest BCUT2D eigenvalue weighted by Gasteiger charge is -2.22. The van der Waals surface area contributed by atoms with Crippen LogP contribution in [-0.2, 0) is 0 Å². The lowest BCUT2D eigenvalue weighted by Crippen LogP contribution is -2.02. The van der Waals surface area contributed by atoms with Crippen molar-refractivity contribution in [3.8, 4) is 67.5 Å². The van der Waals surface area contributed by atoms with Crippen LogP contribution in [0.15, 0.2) is 255 Å². The minimum Gasteiger partial charge on any atom is -0.292 e. The Morgan fingerprint density at radius 3 is 0.986 bits per heavy atom. The highest BCUT2D eigenvalue weighted by Gasteiger charge is 2.25. The molecule has 0 radical (unpaired) electrons. The fourth-order valence-corrected chi connectivity index (χ4v) is 11.1. The molecule has 326 valence electrons. The van der Waals surface area contributed by atoms with Crippen LogP contribution in [0.1, 0.15) is 0 Å². The molecule has 0 N–H and O–H groups in total. The van der Waals surface area contributed by atoms with Gasteiger partial charge in [-0.25, -0.2) is 9.97 Å². The number of aromatic nitrogens is 4. The summed E-state index contributed by atoms with van der Waals surface area (Å²) in [5, 5.41) is 9.34. The van der Waals surface area contributed by atoms with Crippen LogP contribution >= 0.6 is 0 Å². The van der Waals surface area contributed by atoms with Gasteiger partial charge in [0.1, 0.15) is 11.6 Å². The summed E-state index contributed by atoms with van der Waals surface area (Å²) in [5.41, 5.74) is 15.3. The van der Waals surface area contributed by atoms with Crippen molar-refractivity contribution >= 4 is 65.2 Å². The molecule has 0 saturated heterocycles. The van der Waals surface area contributed by atoms with E-state index in [1.54, 1.807) is 0 Å². The van der Waals surface area contributed by atoms with Gasteiger partial charge in [-0.15, -0.1) is 0 Å². The second-order valence-electron chi connectivity index (χ2n) is 18.0. The van der Waals surface area contributed by atoms with E-state index >= 15 is 0 Å². The number of imidazole rings is 2. The van der Waals surface area contributed by atoms with Crippen LogP contribution in [0.25, 0.3) is 133 Å². The molecule has 0 bridgehead atoms. The number of hydrogen-bond donors (Lipinski definition) is 0. The molecule has 0 aliphatic heterocycles. The standard InChI is InChI=1S/C66H42N4/c1-5-21-43(22-6-1)47-29-17-31-49-53(47)41-54-48(44-23-7-2-8-24-44)30-18-32-50(54)63(49)64-51-33-19-39-59(69-61-37-15-13-35-57(61)67-65(69)45-25-9-3-10-26-45)55(51)42-56-52(64)34-20-40-60(56)70-62-38-16-14-36-58(62)68-66(70)46-27-11-4-12-28-46/h1-42H. The molecule has 14 rings (SSSR count). The Bertz CT molecular complexity index is 4050. The highest BCUT2D eigenvalue weighted by Crippen LogP contribution is 2.49. The monoisotopic (exact) mass is 890 g/mol. The zero-order chi connectivity index (χ0) is 46.1. The van der Waals surface area contributed by atoms with E-state index in [1.807, 2.05) is 0 Å². The van der Waals surface area contributed by atoms with E-state index in [9.17, 15) is 0 Å². The van der Waals surface area contributed by atoms with Crippen molar-refractivity contribution in [3.63, 3.8) is 0 Å². The molecule has 4 heteroatoms. The molecule has 0 unspecified atom stereocenters. The Morgan fingerprint density at radius 1 is 0.243 bits per heavy atom. The second kappa shape index (κ2) is 16.2. The Labute approximate surface area is 404 Å². The maximum absolute atomic E-state index is 5.36. The van der Waals surface area contributed by atoms with Crippen LogP contribution < -0.4 is 0 Å². The van der Waals surface area contributed by atoms with Crippen molar-refractivity contribution in [2.75, 3.05) is 0 Å². The Balaban J connectivity index is 1.20. The topological polar surface area (TPSA) is 35.6 Å². The van der Waals surface area contributed by atoms with Gasteiger partial charge in [0.05, 0.1) is 33.4 Å². The Morgan fingerprint density at radius 2 is 0.571 bits per heavy atom. The average molecular weight is 891 g/mol. The molecular weight excluding hydrogens is 849 g/mol. The number of fused-ring (bicyclic) bond motifs is 6. The summed E-state index contributed by atoms with van der Waals surface area (Å²) in [6.45, 7) is 0. The van der Waals surface area contributed by atoms with Crippen molar-refractivity contribution in [1.29, 1.82) is 0 Å². The van der Waals surface area contributed by atoms with Crippen molar-refractivity contribution in [1.82, 2.24) is 19.1 Å². The van der Waals surface area contributed by atoms with Gasteiger partial charge < -0.3 is 0 Å². The number of benzene rings is 12. The lowest BCUT2D eigenvalue weighted by atomic mass is 9.83. The highest BCUT2D eigenvalue weighted by atomic mass is 15.1. The SMILES string of the molecule is c1ccc(-c2cccc3c(-c4c5cccc(-n6c(-c7ccccc7)nc7ccccc76)c5cc5c(-n6c(-c7ccccc7)nc7ccccc76)cccc45)c4cccc(-c5ccccc5)c4cc23)cc1. The summed E-state index contributed by atoms with van der Waals surface area (Å²) in [6.07, 6.45) is 0. The second-order valence-corrected chi connectivity index (χ2v) is 18.0. The van der Waals surface area contributed by atoms with Crippen molar-refractivity contribution in [2.45, 2.75) is 0 Å². The average Bonchev–Trinajstić information content (AvgIpc) is 4.02. The third-order valence-corrected chi connectivity index (χ3v) is 14.1. The van der Waals surface area contributed by atoms with Crippen LogP contribution in [0.3, 0.4) is 0 Å². The molecule has 12 aromatic carbocycles. The molecule has 4 nitrogen and oxygen atoms in total. The van der Waals surface area contributed by atoms with E-state index in [1.165, 1.54) is 54.9 Å². The molecular formula is C66H42N4. The van der Waals surface area contributed by atoms with Crippen LogP contribution in [-0.4, -0.2) is 19.1 Å².